The first kappa shape index (κ1) is 14.2. The van der Waals surface area contributed by atoms with E-state index in [1.807, 2.05) is 18.5 Å². The van der Waals surface area contributed by atoms with E-state index in [4.69, 9.17) is 0 Å². The summed E-state index contributed by atoms with van der Waals surface area (Å²) in [5, 5.41) is 3.61. The summed E-state index contributed by atoms with van der Waals surface area (Å²) in [5.74, 6) is 0. The first-order chi connectivity index (χ1) is 9.29. The molecule has 0 amide bonds. The van der Waals surface area contributed by atoms with Crippen molar-refractivity contribution in [3.05, 3.63) is 64.4 Å². The third-order valence-corrected chi connectivity index (χ3v) is 3.74. The lowest BCUT2D eigenvalue weighted by atomic mass is 10.0. The van der Waals surface area contributed by atoms with E-state index >= 15 is 0 Å². The van der Waals surface area contributed by atoms with Gasteiger partial charge >= 0.3 is 0 Å². The van der Waals surface area contributed by atoms with Crippen molar-refractivity contribution in [3.8, 4) is 0 Å². The SMILES string of the molecule is CCC(NCCc1cccnc1)c1ccc(Br)cc1. The highest BCUT2D eigenvalue weighted by atomic mass is 79.9. The van der Waals surface area contributed by atoms with E-state index in [1.165, 1.54) is 11.1 Å². The van der Waals surface area contributed by atoms with Crippen LogP contribution < -0.4 is 5.32 Å². The van der Waals surface area contributed by atoms with Crippen LogP contribution in [0.15, 0.2) is 53.3 Å². The molecule has 2 aromatic rings. The molecular weight excluding hydrogens is 300 g/mol. The van der Waals surface area contributed by atoms with Gasteiger partial charge in [0.15, 0.2) is 0 Å². The molecule has 0 radical (unpaired) electrons. The Kier molecular flexibility index (Phi) is 5.55. The normalized spacial score (nSPS) is 12.3. The summed E-state index contributed by atoms with van der Waals surface area (Å²) in [4.78, 5) is 4.14. The highest BCUT2D eigenvalue weighted by Crippen LogP contribution is 2.19. The lowest BCUT2D eigenvalue weighted by Crippen LogP contribution is -2.23. The second-order valence-electron chi connectivity index (χ2n) is 4.58. The molecule has 1 heterocycles. The summed E-state index contributed by atoms with van der Waals surface area (Å²) in [6.45, 7) is 3.18. The predicted molar refractivity (Wildman–Crippen MR) is 83.1 cm³/mol. The zero-order chi connectivity index (χ0) is 13.5. The fourth-order valence-corrected chi connectivity index (χ4v) is 2.39. The molecule has 0 bridgehead atoms. The molecule has 1 aromatic heterocycles. The van der Waals surface area contributed by atoms with E-state index in [0.29, 0.717) is 6.04 Å². The first-order valence-corrected chi connectivity index (χ1v) is 7.46. The average Bonchev–Trinajstić information content (AvgIpc) is 2.46. The summed E-state index contributed by atoms with van der Waals surface area (Å²) in [5.41, 5.74) is 2.62. The van der Waals surface area contributed by atoms with Gasteiger partial charge in [-0.25, -0.2) is 0 Å². The van der Waals surface area contributed by atoms with Crippen LogP contribution in [0.3, 0.4) is 0 Å². The molecule has 1 unspecified atom stereocenters. The van der Waals surface area contributed by atoms with Crippen LogP contribution in [0.4, 0.5) is 0 Å². The molecule has 0 aliphatic carbocycles. The maximum Gasteiger partial charge on any atom is 0.0317 e. The van der Waals surface area contributed by atoms with Crippen molar-refractivity contribution in [2.24, 2.45) is 0 Å². The molecule has 19 heavy (non-hydrogen) atoms. The van der Waals surface area contributed by atoms with Crippen LogP contribution in [0, 0.1) is 0 Å². The highest BCUT2D eigenvalue weighted by Gasteiger charge is 2.07. The Morgan fingerprint density at radius 3 is 2.63 bits per heavy atom. The second kappa shape index (κ2) is 7.41. The molecule has 0 saturated carbocycles. The molecule has 100 valence electrons. The van der Waals surface area contributed by atoms with Crippen molar-refractivity contribution in [2.45, 2.75) is 25.8 Å². The van der Waals surface area contributed by atoms with Crippen LogP contribution in [0.1, 0.15) is 30.5 Å². The molecule has 3 heteroatoms. The number of hydrogen-bond acceptors (Lipinski definition) is 2. The van der Waals surface area contributed by atoms with Crippen LogP contribution in [-0.4, -0.2) is 11.5 Å². The summed E-state index contributed by atoms with van der Waals surface area (Å²) in [7, 11) is 0. The van der Waals surface area contributed by atoms with Crippen LogP contribution in [0.25, 0.3) is 0 Å². The Balaban J connectivity index is 1.87. The van der Waals surface area contributed by atoms with E-state index in [0.717, 1.165) is 23.9 Å². The van der Waals surface area contributed by atoms with Gasteiger partial charge in [-0.1, -0.05) is 41.1 Å². The number of hydrogen-bond donors (Lipinski definition) is 1. The lowest BCUT2D eigenvalue weighted by Gasteiger charge is -2.17. The first-order valence-electron chi connectivity index (χ1n) is 6.67. The number of nitrogens with zero attached hydrogens (tertiary/aromatic N) is 1. The van der Waals surface area contributed by atoms with Crippen LogP contribution in [0.2, 0.25) is 0 Å². The van der Waals surface area contributed by atoms with Crippen LogP contribution >= 0.6 is 15.9 Å². The third kappa shape index (κ3) is 4.44. The van der Waals surface area contributed by atoms with Crippen molar-refractivity contribution < 1.29 is 0 Å². The number of halogens is 1. The van der Waals surface area contributed by atoms with Crippen molar-refractivity contribution >= 4 is 15.9 Å². The molecule has 0 fully saturated rings. The fraction of sp³-hybridized carbons (Fsp3) is 0.312. The van der Waals surface area contributed by atoms with Crippen molar-refractivity contribution in [1.29, 1.82) is 0 Å². The summed E-state index contributed by atoms with van der Waals surface area (Å²) in [6.07, 6.45) is 5.85. The Bertz CT molecular complexity index is 482. The van der Waals surface area contributed by atoms with Gasteiger partial charge in [-0.3, -0.25) is 4.98 Å². The number of nitrogens with one attached hydrogen (secondary N) is 1. The second-order valence-corrected chi connectivity index (χ2v) is 5.49. The minimum Gasteiger partial charge on any atom is -0.310 e. The molecule has 1 atom stereocenters. The maximum atomic E-state index is 4.14. The highest BCUT2D eigenvalue weighted by molar-refractivity contribution is 9.10. The van der Waals surface area contributed by atoms with Gasteiger partial charge < -0.3 is 5.32 Å². The molecule has 0 spiro atoms. The third-order valence-electron chi connectivity index (χ3n) is 3.21. The molecule has 1 aromatic carbocycles. The van der Waals surface area contributed by atoms with E-state index in [2.05, 4.69) is 63.5 Å². The van der Waals surface area contributed by atoms with Gasteiger partial charge in [0.2, 0.25) is 0 Å². The molecule has 0 saturated heterocycles. The maximum absolute atomic E-state index is 4.14. The molecule has 2 rings (SSSR count). The van der Waals surface area contributed by atoms with Gasteiger partial charge in [0, 0.05) is 22.9 Å². The number of pyridine rings is 1. The van der Waals surface area contributed by atoms with Gasteiger partial charge in [-0.2, -0.15) is 0 Å². The topological polar surface area (TPSA) is 24.9 Å². The molecule has 0 aliphatic rings. The molecule has 0 aliphatic heterocycles. The summed E-state index contributed by atoms with van der Waals surface area (Å²) in [6, 6.07) is 13.1. The van der Waals surface area contributed by atoms with E-state index in [1.54, 1.807) is 0 Å². The summed E-state index contributed by atoms with van der Waals surface area (Å²) < 4.78 is 1.13. The Morgan fingerprint density at radius 1 is 1.21 bits per heavy atom. The average molecular weight is 319 g/mol. The van der Waals surface area contributed by atoms with Gasteiger partial charge in [0.05, 0.1) is 0 Å². The summed E-state index contributed by atoms with van der Waals surface area (Å²) >= 11 is 3.47. The van der Waals surface area contributed by atoms with E-state index < -0.39 is 0 Å². The van der Waals surface area contributed by atoms with Crippen LogP contribution in [0.5, 0.6) is 0 Å². The quantitative estimate of drug-likeness (QED) is 0.866. The molecular formula is C16H19BrN2. The van der Waals surface area contributed by atoms with Gasteiger partial charge in [-0.05, 0) is 48.7 Å². The largest absolute Gasteiger partial charge is 0.310 e. The minimum atomic E-state index is 0.421. The standard InChI is InChI=1S/C16H19BrN2/c1-2-16(14-5-7-15(17)8-6-14)19-11-9-13-4-3-10-18-12-13/h3-8,10,12,16,19H,2,9,11H2,1H3. The van der Waals surface area contributed by atoms with Crippen molar-refractivity contribution in [1.82, 2.24) is 10.3 Å². The fourth-order valence-electron chi connectivity index (χ4n) is 2.13. The zero-order valence-electron chi connectivity index (χ0n) is 11.1. The Hall–Kier alpha value is -1.19. The van der Waals surface area contributed by atoms with E-state index in [-0.39, 0.29) is 0 Å². The number of rotatable bonds is 6. The van der Waals surface area contributed by atoms with Gasteiger partial charge in [0.1, 0.15) is 0 Å². The monoisotopic (exact) mass is 318 g/mol. The number of benzene rings is 1. The lowest BCUT2D eigenvalue weighted by molar-refractivity contribution is 0.522. The zero-order valence-corrected chi connectivity index (χ0v) is 12.7. The van der Waals surface area contributed by atoms with Crippen molar-refractivity contribution in [2.75, 3.05) is 6.54 Å². The van der Waals surface area contributed by atoms with E-state index in [9.17, 15) is 0 Å². The Morgan fingerprint density at radius 2 is 2.00 bits per heavy atom. The number of aromatic nitrogens is 1. The molecule has 1 N–H and O–H groups in total. The Labute approximate surface area is 123 Å². The van der Waals surface area contributed by atoms with Gasteiger partial charge in [-0.15, -0.1) is 0 Å². The molecule has 2 nitrogen and oxygen atoms in total. The predicted octanol–water partition coefficient (Wildman–Crippen LogP) is 4.13. The van der Waals surface area contributed by atoms with Gasteiger partial charge in [0.25, 0.3) is 0 Å². The van der Waals surface area contributed by atoms with Crippen LogP contribution in [-0.2, 0) is 6.42 Å². The van der Waals surface area contributed by atoms with Crippen molar-refractivity contribution in [3.63, 3.8) is 0 Å². The minimum absolute atomic E-state index is 0.421. The smallest absolute Gasteiger partial charge is 0.0317 e.